The number of piperidine rings is 1. The number of halogens is 1. The molecule has 1 aromatic rings. The summed E-state index contributed by atoms with van der Waals surface area (Å²) < 4.78 is 0. The summed E-state index contributed by atoms with van der Waals surface area (Å²) in [6.45, 7) is 6.75. The highest BCUT2D eigenvalue weighted by Crippen LogP contribution is 2.22. The maximum atomic E-state index is 12.1. The van der Waals surface area contributed by atoms with Gasteiger partial charge in [0.05, 0.1) is 10.6 Å². The number of hydrogen-bond acceptors (Lipinski definition) is 3. The molecule has 6 heteroatoms. The van der Waals surface area contributed by atoms with Gasteiger partial charge in [-0.05, 0) is 62.4 Å². The third kappa shape index (κ3) is 6.67. The summed E-state index contributed by atoms with van der Waals surface area (Å²) in [6.07, 6.45) is 3.70. The first kappa shape index (κ1) is 19.7. The van der Waals surface area contributed by atoms with E-state index in [2.05, 4.69) is 16.0 Å². The third-order valence-corrected chi connectivity index (χ3v) is 4.72. The second kappa shape index (κ2) is 9.78. The van der Waals surface area contributed by atoms with Crippen molar-refractivity contribution in [2.75, 3.05) is 25.0 Å². The van der Waals surface area contributed by atoms with E-state index < -0.39 is 0 Å². The van der Waals surface area contributed by atoms with Crippen LogP contribution in [-0.2, 0) is 4.79 Å². The van der Waals surface area contributed by atoms with Crippen LogP contribution in [-0.4, -0.2) is 31.4 Å². The lowest BCUT2D eigenvalue weighted by Gasteiger charge is -2.22. The molecular formula is C19H28ClN3O2. The lowest BCUT2D eigenvalue weighted by molar-refractivity contribution is -0.116. The average molecular weight is 366 g/mol. The minimum atomic E-state index is -0.192. The number of carbonyl (C=O) groups excluding carboxylic acids is 2. The molecule has 0 spiro atoms. The van der Waals surface area contributed by atoms with E-state index in [1.54, 1.807) is 18.2 Å². The SMILES string of the molecule is CC(C)CNC(=O)c1ccc(NC(=O)CCC2CCNCC2)cc1Cl. The first-order valence-electron chi connectivity index (χ1n) is 9.04. The fourth-order valence-electron chi connectivity index (χ4n) is 2.90. The lowest BCUT2D eigenvalue weighted by Crippen LogP contribution is -2.28. The number of hydrogen-bond donors (Lipinski definition) is 3. The molecule has 2 amide bonds. The van der Waals surface area contributed by atoms with E-state index in [0.29, 0.717) is 41.1 Å². The van der Waals surface area contributed by atoms with Crippen LogP contribution < -0.4 is 16.0 Å². The molecule has 0 atom stereocenters. The maximum Gasteiger partial charge on any atom is 0.252 e. The van der Waals surface area contributed by atoms with E-state index in [1.807, 2.05) is 13.8 Å². The first-order chi connectivity index (χ1) is 12.0. The Kier molecular flexibility index (Phi) is 7.72. The Labute approximate surface area is 154 Å². The van der Waals surface area contributed by atoms with Crippen molar-refractivity contribution in [1.82, 2.24) is 10.6 Å². The van der Waals surface area contributed by atoms with Gasteiger partial charge in [-0.15, -0.1) is 0 Å². The van der Waals surface area contributed by atoms with Crippen molar-refractivity contribution in [2.24, 2.45) is 11.8 Å². The molecule has 1 heterocycles. The highest BCUT2D eigenvalue weighted by molar-refractivity contribution is 6.34. The van der Waals surface area contributed by atoms with E-state index in [9.17, 15) is 9.59 Å². The van der Waals surface area contributed by atoms with Crippen molar-refractivity contribution in [3.05, 3.63) is 28.8 Å². The van der Waals surface area contributed by atoms with Gasteiger partial charge in [0, 0.05) is 18.7 Å². The lowest BCUT2D eigenvalue weighted by atomic mass is 9.93. The van der Waals surface area contributed by atoms with Gasteiger partial charge < -0.3 is 16.0 Å². The van der Waals surface area contributed by atoms with Gasteiger partial charge in [-0.25, -0.2) is 0 Å². The van der Waals surface area contributed by atoms with Gasteiger partial charge in [0.25, 0.3) is 5.91 Å². The van der Waals surface area contributed by atoms with Crippen molar-refractivity contribution < 1.29 is 9.59 Å². The summed E-state index contributed by atoms with van der Waals surface area (Å²) in [6, 6.07) is 5.01. The summed E-state index contributed by atoms with van der Waals surface area (Å²) in [5.41, 5.74) is 1.05. The Morgan fingerprint density at radius 1 is 1.28 bits per heavy atom. The number of benzene rings is 1. The average Bonchev–Trinajstić information content (AvgIpc) is 2.59. The molecule has 0 radical (unpaired) electrons. The van der Waals surface area contributed by atoms with Gasteiger partial charge in [0.2, 0.25) is 5.91 Å². The molecule has 0 unspecified atom stereocenters. The third-order valence-electron chi connectivity index (χ3n) is 4.41. The molecule has 138 valence electrons. The Bertz CT molecular complexity index is 598. The molecule has 25 heavy (non-hydrogen) atoms. The number of nitrogens with one attached hydrogen (secondary N) is 3. The van der Waals surface area contributed by atoms with E-state index in [1.165, 1.54) is 0 Å². The van der Waals surface area contributed by atoms with Gasteiger partial charge >= 0.3 is 0 Å². The zero-order chi connectivity index (χ0) is 18.2. The minimum Gasteiger partial charge on any atom is -0.352 e. The fraction of sp³-hybridized carbons (Fsp3) is 0.579. The molecule has 3 N–H and O–H groups in total. The smallest absolute Gasteiger partial charge is 0.252 e. The fourth-order valence-corrected chi connectivity index (χ4v) is 3.16. The van der Waals surface area contributed by atoms with E-state index in [-0.39, 0.29) is 11.8 Å². The number of anilines is 1. The van der Waals surface area contributed by atoms with Crippen LogP contribution in [0.15, 0.2) is 18.2 Å². The van der Waals surface area contributed by atoms with Crippen molar-refractivity contribution in [1.29, 1.82) is 0 Å². The molecule has 0 aliphatic carbocycles. The molecule has 2 rings (SSSR count). The topological polar surface area (TPSA) is 70.2 Å². The van der Waals surface area contributed by atoms with Gasteiger partial charge in [-0.2, -0.15) is 0 Å². The highest BCUT2D eigenvalue weighted by atomic mass is 35.5. The van der Waals surface area contributed by atoms with Gasteiger partial charge in [-0.1, -0.05) is 25.4 Å². The summed E-state index contributed by atoms with van der Waals surface area (Å²) in [4.78, 5) is 24.2. The number of carbonyl (C=O) groups is 2. The van der Waals surface area contributed by atoms with Crippen LogP contribution in [0.3, 0.4) is 0 Å². The van der Waals surface area contributed by atoms with E-state index in [4.69, 9.17) is 11.6 Å². The molecular weight excluding hydrogens is 338 g/mol. The summed E-state index contributed by atoms with van der Waals surface area (Å²) in [7, 11) is 0. The minimum absolute atomic E-state index is 0.00777. The zero-order valence-corrected chi connectivity index (χ0v) is 15.8. The zero-order valence-electron chi connectivity index (χ0n) is 15.0. The normalized spacial score (nSPS) is 15.2. The van der Waals surface area contributed by atoms with Gasteiger partial charge in [0.15, 0.2) is 0 Å². The monoisotopic (exact) mass is 365 g/mol. The molecule has 5 nitrogen and oxygen atoms in total. The molecule has 0 aromatic heterocycles. The van der Waals surface area contributed by atoms with Crippen molar-refractivity contribution >= 4 is 29.1 Å². The Morgan fingerprint density at radius 2 is 2.00 bits per heavy atom. The largest absolute Gasteiger partial charge is 0.352 e. The summed E-state index contributed by atoms with van der Waals surface area (Å²) in [5, 5.41) is 9.38. The quantitative estimate of drug-likeness (QED) is 0.693. The standard InChI is InChI=1S/C19H28ClN3O2/c1-13(2)12-22-19(25)16-5-4-15(11-17(16)20)23-18(24)6-3-14-7-9-21-10-8-14/h4-5,11,13-14,21H,3,6-10,12H2,1-2H3,(H,22,25)(H,23,24). The van der Waals surface area contributed by atoms with Crippen LogP contribution >= 0.6 is 11.6 Å². The van der Waals surface area contributed by atoms with Crippen LogP contribution in [0.1, 0.15) is 49.9 Å². The van der Waals surface area contributed by atoms with Gasteiger partial charge in [-0.3, -0.25) is 9.59 Å². The summed E-state index contributed by atoms with van der Waals surface area (Å²) >= 11 is 6.20. The van der Waals surface area contributed by atoms with Crippen LogP contribution in [0.5, 0.6) is 0 Å². The molecule has 1 aliphatic rings. The van der Waals surface area contributed by atoms with Crippen molar-refractivity contribution in [2.45, 2.75) is 39.5 Å². The van der Waals surface area contributed by atoms with Gasteiger partial charge in [0.1, 0.15) is 0 Å². The Hall–Kier alpha value is -1.59. The first-order valence-corrected chi connectivity index (χ1v) is 9.42. The van der Waals surface area contributed by atoms with Crippen LogP contribution in [0.25, 0.3) is 0 Å². The Morgan fingerprint density at radius 3 is 2.64 bits per heavy atom. The Balaban J connectivity index is 1.84. The van der Waals surface area contributed by atoms with E-state index >= 15 is 0 Å². The van der Waals surface area contributed by atoms with Crippen LogP contribution in [0, 0.1) is 11.8 Å². The predicted octanol–water partition coefficient (Wildman–Crippen LogP) is 3.44. The van der Waals surface area contributed by atoms with Crippen molar-refractivity contribution in [3.63, 3.8) is 0 Å². The van der Waals surface area contributed by atoms with Crippen LogP contribution in [0.4, 0.5) is 5.69 Å². The molecule has 1 aromatic carbocycles. The second-order valence-corrected chi connectivity index (χ2v) is 7.49. The predicted molar refractivity (Wildman–Crippen MR) is 102 cm³/mol. The maximum absolute atomic E-state index is 12.1. The van der Waals surface area contributed by atoms with Crippen molar-refractivity contribution in [3.8, 4) is 0 Å². The summed E-state index contributed by atoms with van der Waals surface area (Å²) in [5.74, 6) is 0.804. The molecule has 1 fully saturated rings. The molecule has 0 saturated carbocycles. The molecule has 1 aliphatic heterocycles. The highest BCUT2D eigenvalue weighted by Gasteiger charge is 2.15. The molecule has 1 saturated heterocycles. The second-order valence-electron chi connectivity index (χ2n) is 7.08. The van der Waals surface area contributed by atoms with Crippen LogP contribution in [0.2, 0.25) is 5.02 Å². The number of rotatable bonds is 7. The number of amides is 2. The molecule has 0 bridgehead atoms. The van der Waals surface area contributed by atoms with E-state index in [0.717, 1.165) is 32.4 Å².